The summed E-state index contributed by atoms with van der Waals surface area (Å²) in [5, 5.41) is 0. The van der Waals surface area contributed by atoms with E-state index in [1.807, 2.05) is 48.5 Å². The number of carbonyl (C=O) groups excluding carboxylic acids is 1. The number of allylic oxidation sites excluding steroid dienone is 1. The fraction of sp³-hybridized carbons (Fsp3) is 0. The first-order valence-electron chi connectivity index (χ1n) is 7.30. The van der Waals surface area contributed by atoms with Crippen molar-refractivity contribution >= 4 is 11.9 Å². The van der Waals surface area contributed by atoms with Crippen molar-refractivity contribution in [2.45, 2.75) is 0 Å². The predicted molar refractivity (Wildman–Crippen MR) is 91.8 cm³/mol. The molecule has 0 spiro atoms. The minimum absolute atomic E-state index is 0.125. The zero-order valence-electron chi connectivity index (χ0n) is 12.4. The minimum Gasteiger partial charge on any atom is -0.289 e. The lowest BCUT2D eigenvalue weighted by molar-refractivity contribution is 0.104. The molecule has 0 fully saturated rings. The number of nitrogens with zero attached hydrogens (tertiary/aromatic N) is 1. The Kier molecular flexibility index (Phi) is 4.29. The lowest BCUT2D eigenvalue weighted by atomic mass is 10.1. The normalized spacial score (nSPS) is 10.8. The van der Waals surface area contributed by atoms with E-state index >= 15 is 0 Å². The third-order valence-corrected chi connectivity index (χ3v) is 3.48. The minimum atomic E-state index is -0.157. The van der Waals surface area contributed by atoms with E-state index < -0.39 is 0 Å². The smallest absolute Gasteiger partial charge is 0.262 e. The van der Waals surface area contributed by atoms with Gasteiger partial charge >= 0.3 is 0 Å². The van der Waals surface area contributed by atoms with E-state index in [4.69, 9.17) is 0 Å². The van der Waals surface area contributed by atoms with E-state index in [1.54, 1.807) is 41.1 Å². The molecule has 0 aliphatic heterocycles. The molecule has 3 nitrogen and oxygen atoms in total. The van der Waals surface area contributed by atoms with Crippen LogP contribution in [-0.4, -0.2) is 10.4 Å². The number of ketones is 1. The average molecular weight is 301 g/mol. The van der Waals surface area contributed by atoms with Crippen molar-refractivity contribution in [3.63, 3.8) is 0 Å². The maximum absolute atomic E-state index is 12.5. The Hall–Kier alpha value is -3.20. The zero-order valence-corrected chi connectivity index (χ0v) is 12.4. The largest absolute Gasteiger partial charge is 0.289 e. The molecule has 0 saturated carbocycles. The molecule has 0 unspecified atom stereocenters. The van der Waals surface area contributed by atoms with Crippen molar-refractivity contribution in [1.82, 2.24) is 4.57 Å². The number of carbonyl (C=O) groups is 1. The van der Waals surface area contributed by atoms with Crippen LogP contribution in [0.2, 0.25) is 0 Å². The van der Waals surface area contributed by atoms with E-state index in [1.165, 1.54) is 6.08 Å². The van der Waals surface area contributed by atoms with Gasteiger partial charge in [-0.15, -0.1) is 0 Å². The van der Waals surface area contributed by atoms with E-state index in [0.29, 0.717) is 11.1 Å². The Morgan fingerprint density at radius 3 is 2.17 bits per heavy atom. The lowest BCUT2D eigenvalue weighted by Gasteiger charge is -2.05. The van der Waals surface area contributed by atoms with Crippen LogP contribution in [0.1, 0.15) is 15.9 Å². The van der Waals surface area contributed by atoms with Gasteiger partial charge in [-0.1, -0.05) is 48.5 Å². The van der Waals surface area contributed by atoms with Crippen molar-refractivity contribution in [2.24, 2.45) is 0 Å². The van der Waals surface area contributed by atoms with Gasteiger partial charge in [-0.3, -0.25) is 14.2 Å². The van der Waals surface area contributed by atoms with Crippen molar-refractivity contribution < 1.29 is 4.79 Å². The molecule has 0 saturated heterocycles. The van der Waals surface area contributed by atoms with Crippen LogP contribution in [0, 0.1) is 0 Å². The van der Waals surface area contributed by atoms with Crippen LogP contribution in [-0.2, 0) is 0 Å². The van der Waals surface area contributed by atoms with Crippen LogP contribution in [0.5, 0.6) is 0 Å². The highest BCUT2D eigenvalue weighted by Crippen LogP contribution is 2.06. The van der Waals surface area contributed by atoms with Gasteiger partial charge in [0, 0.05) is 23.0 Å². The quantitative estimate of drug-likeness (QED) is 0.544. The average Bonchev–Trinajstić information content (AvgIpc) is 2.62. The molecule has 1 heterocycles. The van der Waals surface area contributed by atoms with E-state index in [9.17, 15) is 9.59 Å². The van der Waals surface area contributed by atoms with Gasteiger partial charge in [0.2, 0.25) is 0 Å². The maximum Gasteiger partial charge on any atom is 0.262 e. The van der Waals surface area contributed by atoms with Gasteiger partial charge in [-0.25, -0.2) is 0 Å². The van der Waals surface area contributed by atoms with Crippen molar-refractivity contribution in [3.8, 4) is 5.69 Å². The molecule has 0 aliphatic carbocycles. The highest BCUT2D eigenvalue weighted by Gasteiger charge is 2.04. The molecule has 1 aromatic heterocycles. The summed E-state index contributed by atoms with van der Waals surface area (Å²) < 4.78 is 1.56. The fourth-order valence-corrected chi connectivity index (χ4v) is 2.29. The van der Waals surface area contributed by atoms with Crippen molar-refractivity contribution in [3.05, 3.63) is 107 Å². The van der Waals surface area contributed by atoms with Gasteiger partial charge in [0.15, 0.2) is 5.78 Å². The van der Waals surface area contributed by atoms with Crippen LogP contribution in [0.3, 0.4) is 0 Å². The van der Waals surface area contributed by atoms with Crippen LogP contribution in [0.25, 0.3) is 11.8 Å². The molecule has 0 amide bonds. The Bertz CT molecular complexity index is 894. The van der Waals surface area contributed by atoms with Crippen LogP contribution >= 0.6 is 0 Å². The topological polar surface area (TPSA) is 39.1 Å². The third-order valence-electron chi connectivity index (χ3n) is 3.48. The molecule has 2 aromatic carbocycles. The standard InChI is InChI=1S/C20H15NO2/c22-19(16-8-3-1-4-9-16)14-13-17-10-7-15-21(20(17)23)18-11-5-2-6-12-18/h1-15H/b14-13+. The van der Waals surface area contributed by atoms with E-state index in [0.717, 1.165) is 5.69 Å². The number of benzene rings is 2. The molecule has 112 valence electrons. The molecule has 0 atom stereocenters. The second kappa shape index (κ2) is 6.71. The Morgan fingerprint density at radius 1 is 0.826 bits per heavy atom. The van der Waals surface area contributed by atoms with Gasteiger partial charge in [0.25, 0.3) is 5.56 Å². The number of hydrogen-bond donors (Lipinski definition) is 0. The zero-order chi connectivity index (χ0) is 16.1. The summed E-state index contributed by atoms with van der Waals surface area (Å²) in [6.07, 6.45) is 4.71. The number of para-hydroxylation sites is 1. The highest BCUT2D eigenvalue weighted by molar-refractivity contribution is 6.06. The summed E-state index contributed by atoms with van der Waals surface area (Å²) in [7, 11) is 0. The monoisotopic (exact) mass is 301 g/mol. The fourth-order valence-electron chi connectivity index (χ4n) is 2.29. The third kappa shape index (κ3) is 3.35. The van der Waals surface area contributed by atoms with Gasteiger partial charge < -0.3 is 0 Å². The summed E-state index contributed by atoms with van der Waals surface area (Å²) in [5.41, 5.74) is 1.71. The number of rotatable bonds is 4. The first-order valence-corrected chi connectivity index (χ1v) is 7.30. The molecule has 3 heteroatoms. The SMILES string of the molecule is O=C(/C=C/c1cccn(-c2ccccc2)c1=O)c1ccccc1. The number of aromatic nitrogens is 1. The summed E-state index contributed by atoms with van der Waals surface area (Å²) in [5.74, 6) is -0.125. The molecule has 0 N–H and O–H groups in total. The molecular weight excluding hydrogens is 286 g/mol. The lowest BCUT2D eigenvalue weighted by Crippen LogP contribution is -2.19. The van der Waals surface area contributed by atoms with E-state index in [-0.39, 0.29) is 11.3 Å². The first kappa shape index (κ1) is 14.7. The maximum atomic E-state index is 12.5. The second-order valence-electron chi connectivity index (χ2n) is 5.04. The summed E-state index contributed by atoms with van der Waals surface area (Å²) in [4.78, 5) is 24.6. The molecule has 0 radical (unpaired) electrons. The highest BCUT2D eigenvalue weighted by atomic mass is 16.1. The van der Waals surface area contributed by atoms with Gasteiger partial charge in [-0.05, 0) is 36.4 Å². The van der Waals surface area contributed by atoms with E-state index in [2.05, 4.69) is 0 Å². The summed E-state index contributed by atoms with van der Waals surface area (Å²) >= 11 is 0. The number of hydrogen-bond acceptors (Lipinski definition) is 2. The van der Waals surface area contributed by atoms with Crippen molar-refractivity contribution in [1.29, 1.82) is 0 Å². The predicted octanol–water partition coefficient (Wildman–Crippen LogP) is 3.73. The molecule has 23 heavy (non-hydrogen) atoms. The molecule has 0 bridgehead atoms. The summed E-state index contributed by atoms with van der Waals surface area (Å²) in [6, 6.07) is 21.9. The first-order chi connectivity index (χ1) is 11.3. The van der Waals surface area contributed by atoms with Crippen LogP contribution in [0.4, 0.5) is 0 Å². The Balaban J connectivity index is 1.91. The van der Waals surface area contributed by atoms with Gasteiger partial charge in [0.05, 0.1) is 0 Å². The summed E-state index contributed by atoms with van der Waals surface area (Å²) in [6.45, 7) is 0. The van der Waals surface area contributed by atoms with Crippen LogP contribution in [0.15, 0.2) is 89.9 Å². The molecule has 3 rings (SSSR count). The Labute approximate surface area is 134 Å². The number of pyridine rings is 1. The second-order valence-corrected chi connectivity index (χ2v) is 5.04. The van der Waals surface area contributed by atoms with Gasteiger partial charge in [-0.2, -0.15) is 0 Å². The van der Waals surface area contributed by atoms with Crippen LogP contribution < -0.4 is 5.56 Å². The molecule has 3 aromatic rings. The molecule has 0 aliphatic rings. The molecular formula is C20H15NO2. The van der Waals surface area contributed by atoms with Crippen molar-refractivity contribution in [2.75, 3.05) is 0 Å². The Morgan fingerprint density at radius 2 is 1.48 bits per heavy atom. The van der Waals surface area contributed by atoms with Gasteiger partial charge in [0.1, 0.15) is 0 Å².